The molecule has 0 N–H and O–H groups in total. The minimum Gasteiger partial charge on any atom is -0.440 e. The van der Waals surface area contributed by atoms with Gasteiger partial charge in [0.25, 0.3) is 0 Å². The predicted molar refractivity (Wildman–Crippen MR) is 223 cm³/mol. The van der Waals surface area contributed by atoms with Crippen LogP contribution in [0.3, 0.4) is 0 Å². The van der Waals surface area contributed by atoms with Gasteiger partial charge in [-0.1, -0.05) is 109 Å². The fourth-order valence-corrected chi connectivity index (χ4v) is 13.1. The molecule has 4 unspecified atom stereocenters. The molecule has 0 aliphatic carbocycles. The highest BCUT2D eigenvalue weighted by molar-refractivity contribution is 7.78. The van der Waals surface area contributed by atoms with Crippen LogP contribution in [0.15, 0.2) is 180 Å². The molecule has 292 valence electrons. The Kier molecular flexibility index (Phi) is 13.3. The first-order valence-corrected chi connectivity index (χ1v) is 22.5. The topological polar surface area (TPSA) is 96.0 Å². The van der Waals surface area contributed by atoms with Crippen LogP contribution in [-0.4, -0.2) is 35.1 Å². The van der Waals surface area contributed by atoms with E-state index >= 15 is 0 Å². The van der Waals surface area contributed by atoms with Gasteiger partial charge in [-0.25, -0.2) is 0 Å². The molecule has 14 heteroatoms. The molecule has 11 nitrogen and oxygen atoms in total. The summed E-state index contributed by atoms with van der Waals surface area (Å²) in [6.45, 7) is 2.07. The largest absolute Gasteiger partial charge is 0.447 e. The number of unbranched alkanes of at least 4 members (excludes halogenated alkanes) is 1. The molecule has 4 atom stereocenters. The SMILES string of the molecule is c1ccc(ON2P(Oc3ccccc3)N=P(Oc3ccccc3)(Oc3ccccc3CCCCOCC3CO3)N(Oc3ccccc3)P2Oc2ccccc2)cc1. The lowest BCUT2D eigenvalue weighted by atomic mass is 10.1. The highest BCUT2D eigenvalue weighted by atomic mass is 31.3. The Morgan fingerprint density at radius 3 is 1.72 bits per heavy atom. The maximum absolute atomic E-state index is 7.28. The molecule has 0 bridgehead atoms. The Hall–Kier alpha value is -4.95. The van der Waals surface area contributed by atoms with Gasteiger partial charge >= 0.3 is 24.6 Å². The molecule has 0 saturated carbocycles. The first kappa shape index (κ1) is 38.9. The maximum atomic E-state index is 7.28. The third-order valence-corrected chi connectivity index (χ3v) is 15.3. The number of hydrogen-bond donors (Lipinski definition) is 0. The van der Waals surface area contributed by atoms with Crippen LogP contribution in [0, 0.1) is 0 Å². The van der Waals surface area contributed by atoms with Gasteiger partial charge in [-0.15, -0.1) is 4.52 Å². The second-order valence-electron chi connectivity index (χ2n) is 12.8. The molecule has 6 aromatic carbocycles. The minimum atomic E-state index is -3.84. The van der Waals surface area contributed by atoms with Crippen molar-refractivity contribution in [3.63, 3.8) is 0 Å². The number of hydrogen-bond acceptors (Lipinski definition) is 11. The second-order valence-corrected chi connectivity index (χ2v) is 18.3. The van der Waals surface area contributed by atoms with E-state index in [9.17, 15) is 0 Å². The van der Waals surface area contributed by atoms with Crippen molar-refractivity contribution in [2.75, 3.05) is 19.8 Å². The van der Waals surface area contributed by atoms with E-state index in [4.69, 9.17) is 41.8 Å². The lowest BCUT2D eigenvalue weighted by Crippen LogP contribution is -2.37. The van der Waals surface area contributed by atoms with Crippen molar-refractivity contribution in [2.24, 2.45) is 4.52 Å². The van der Waals surface area contributed by atoms with Crippen LogP contribution in [0.1, 0.15) is 18.4 Å². The molecular formula is C43H42N3O8P3. The molecule has 6 aromatic rings. The zero-order chi connectivity index (χ0) is 38.5. The highest BCUT2D eigenvalue weighted by Crippen LogP contribution is 2.77. The van der Waals surface area contributed by atoms with Crippen molar-refractivity contribution in [3.8, 4) is 34.5 Å². The third kappa shape index (κ3) is 10.7. The number of epoxide rings is 1. The Balaban J connectivity index is 1.27. The summed E-state index contributed by atoms with van der Waals surface area (Å²) in [5.74, 6) is 3.33. The Morgan fingerprint density at radius 2 is 1.11 bits per heavy atom. The molecule has 0 spiro atoms. The first-order valence-electron chi connectivity index (χ1n) is 18.7. The van der Waals surface area contributed by atoms with Crippen molar-refractivity contribution in [1.29, 1.82) is 0 Å². The smallest absolute Gasteiger partial charge is 0.440 e. The Labute approximate surface area is 335 Å². The molecule has 2 aliphatic heterocycles. The van der Waals surface area contributed by atoms with Crippen LogP contribution >= 0.6 is 24.6 Å². The van der Waals surface area contributed by atoms with Crippen molar-refractivity contribution < 1.29 is 37.2 Å². The summed E-state index contributed by atoms with van der Waals surface area (Å²) in [7, 11) is -8.09. The first-order chi connectivity index (χ1) is 28.2. The van der Waals surface area contributed by atoms with E-state index in [1.165, 1.54) is 0 Å². The second kappa shape index (κ2) is 19.5. The molecule has 2 aliphatic rings. The third-order valence-electron chi connectivity index (χ3n) is 8.41. The monoisotopic (exact) mass is 821 g/mol. The molecule has 57 heavy (non-hydrogen) atoms. The van der Waals surface area contributed by atoms with E-state index < -0.39 is 24.6 Å². The Morgan fingerprint density at radius 1 is 0.579 bits per heavy atom. The number of ether oxygens (including phenoxy) is 2. The maximum Gasteiger partial charge on any atom is 0.447 e. The summed E-state index contributed by atoms with van der Waals surface area (Å²) in [4.78, 5) is 13.6. The predicted octanol–water partition coefficient (Wildman–Crippen LogP) is 12.0. The van der Waals surface area contributed by atoms with E-state index in [1.54, 1.807) is 9.21 Å². The molecule has 1 saturated heterocycles. The number of aryl methyl sites for hydroxylation is 1. The number of rotatable bonds is 19. The zero-order valence-electron chi connectivity index (χ0n) is 31.0. The zero-order valence-corrected chi connectivity index (χ0v) is 33.7. The molecule has 1 fully saturated rings. The van der Waals surface area contributed by atoms with Crippen molar-refractivity contribution in [1.82, 2.24) is 9.21 Å². The molecule has 8 rings (SSSR count). The highest BCUT2D eigenvalue weighted by Gasteiger charge is 2.58. The molecule has 2 heterocycles. The van der Waals surface area contributed by atoms with Gasteiger partial charge in [0.05, 0.1) is 13.2 Å². The lowest BCUT2D eigenvalue weighted by molar-refractivity contribution is 0.0545. The summed E-state index contributed by atoms with van der Waals surface area (Å²) < 4.78 is 47.9. The summed E-state index contributed by atoms with van der Waals surface area (Å²) in [6, 6.07) is 55.4. The van der Waals surface area contributed by atoms with Crippen LogP contribution in [0.4, 0.5) is 0 Å². The summed E-state index contributed by atoms with van der Waals surface area (Å²) in [6.07, 6.45) is 2.74. The normalized spacial score (nSPS) is 20.5. The Bertz CT molecular complexity index is 2180. The van der Waals surface area contributed by atoms with Crippen LogP contribution in [0.25, 0.3) is 0 Å². The van der Waals surface area contributed by atoms with E-state index in [0.717, 1.165) is 31.4 Å². The average Bonchev–Trinajstić information content (AvgIpc) is 4.09. The fourth-order valence-electron chi connectivity index (χ4n) is 5.54. The van der Waals surface area contributed by atoms with E-state index in [1.807, 2.05) is 170 Å². The van der Waals surface area contributed by atoms with E-state index in [2.05, 4.69) is 6.07 Å². The van der Waals surface area contributed by atoms with Gasteiger partial charge in [-0.2, -0.15) is 0 Å². The van der Waals surface area contributed by atoms with Crippen LogP contribution in [0.5, 0.6) is 34.5 Å². The van der Waals surface area contributed by atoms with Crippen LogP contribution in [0.2, 0.25) is 0 Å². The standard InChI is InChI=1S/C43H42N3O8P3/c1-6-22-37(23-7-1)49-45-55(51-39-26-10-3-11-27-39)44-57(53-41-30-14-5-15-31-41,54-43-32-17-16-20-36(43)21-18-19-33-47-34-42-35-48-42)46(50-38-24-8-2-9-25-38)56(45)52-40-28-12-4-13-29-40/h1-17,20,22-32,42H,18-19,21,33-35H2. The van der Waals surface area contributed by atoms with Gasteiger partial charge in [0.1, 0.15) is 40.6 Å². The van der Waals surface area contributed by atoms with E-state index in [0.29, 0.717) is 47.7 Å². The van der Waals surface area contributed by atoms with Crippen molar-refractivity contribution in [3.05, 3.63) is 181 Å². The van der Waals surface area contributed by atoms with Gasteiger partial charge < -0.3 is 37.2 Å². The summed E-state index contributed by atoms with van der Waals surface area (Å²) in [5.41, 5.74) is 0.985. The number of para-hydroxylation sites is 6. The van der Waals surface area contributed by atoms with Gasteiger partial charge in [0.2, 0.25) is 0 Å². The van der Waals surface area contributed by atoms with Crippen LogP contribution < -0.4 is 27.8 Å². The molecule has 0 aromatic heterocycles. The average molecular weight is 822 g/mol. The summed E-state index contributed by atoms with van der Waals surface area (Å²) >= 11 is 0. The summed E-state index contributed by atoms with van der Waals surface area (Å²) in [5, 5.41) is 0. The molecular weight excluding hydrogens is 779 g/mol. The van der Waals surface area contributed by atoms with E-state index in [-0.39, 0.29) is 6.10 Å². The number of nitrogens with zero attached hydrogens (tertiary/aromatic N) is 3. The molecule has 0 radical (unpaired) electrons. The fraction of sp³-hybridized carbons (Fsp3) is 0.163. The van der Waals surface area contributed by atoms with Gasteiger partial charge in [0, 0.05) is 15.8 Å². The quantitative estimate of drug-likeness (QED) is 0.0446. The lowest BCUT2D eigenvalue weighted by Gasteiger charge is -2.43. The van der Waals surface area contributed by atoms with Crippen molar-refractivity contribution in [2.45, 2.75) is 25.4 Å². The van der Waals surface area contributed by atoms with Crippen molar-refractivity contribution >= 4 is 24.6 Å². The molecule has 0 amide bonds. The van der Waals surface area contributed by atoms with Gasteiger partial charge in [-0.3, -0.25) is 0 Å². The van der Waals surface area contributed by atoms with Gasteiger partial charge in [0.15, 0.2) is 0 Å². The number of benzene rings is 6. The van der Waals surface area contributed by atoms with Crippen LogP contribution in [-0.2, 0) is 15.9 Å². The minimum absolute atomic E-state index is 0.242. The van der Waals surface area contributed by atoms with Gasteiger partial charge in [-0.05, 0) is 91.6 Å².